The average molecular weight is 323 g/mol. The number of carbonyl (C=O) groups excluding carboxylic acids is 2. The molecule has 3 rings (SSSR count). The second-order valence-corrected chi connectivity index (χ2v) is 6.11. The Hall–Kier alpha value is -2.82. The summed E-state index contributed by atoms with van der Waals surface area (Å²) in [6, 6.07) is 12.3. The van der Waals surface area contributed by atoms with Crippen molar-refractivity contribution in [2.45, 2.75) is 19.8 Å². The molecule has 1 fully saturated rings. The molecule has 1 aliphatic rings. The highest BCUT2D eigenvalue weighted by atomic mass is 16.2. The largest absolute Gasteiger partial charge is 0.399 e. The number of nitrogens with two attached hydrogens (primary N) is 1. The molecule has 2 aromatic rings. The third-order valence-corrected chi connectivity index (χ3v) is 4.29. The Labute approximate surface area is 141 Å². The molecule has 0 aliphatic carbocycles. The van der Waals surface area contributed by atoms with Crippen LogP contribution >= 0.6 is 0 Å². The summed E-state index contributed by atoms with van der Waals surface area (Å²) in [5, 5.41) is 2.84. The van der Waals surface area contributed by atoms with Gasteiger partial charge in [-0.15, -0.1) is 0 Å². The molecule has 1 saturated heterocycles. The first-order valence-corrected chi connectivity index (χ1v) is 8.11. The minimum atomic E-state index is -0.210. The van der Waals surface area contributed by atoms with Crippen LogP contribution in [-0.4, -0.2) is 29.8 Å². The fourth-order valence-corrected chi connectivity index (χ4v) is 2.88. The number of nitrogens with one attached hydrogen (secondary N) is 1. The van der Waals surface area contributed by atoms with Crippen LogP contribution in [0.25, 0.3) is 0 Å². The van der Waals surface area contributed by atoms with E-state index in [0.717, 1.165) is 31.5 Å². The molecular formula is C19H21N3O2. The maximum atomic E-state index is 12.4. The summed E-state index contributed by atoms with van der Waals surface area (Å²) in [6.07, 6.45) is 2.14. The molecule has 0 atom stereocenters. The third-order valence-electron chi connectivity index (χ3n) is 4.29. The molecule has 5 heteroatoms. The van der Waals surface area contributed by atoms with E-state index in [1.54, 1.807) is 36.4 Å². The zero-order valence-corrected chi connectivity index (χ0v) is 13.7. The van der Waals surface area contributed by atoms with Gasteiger partial charge in [-0.25, -0.2) is 0 Å². The topological polar surface area (TPSA) is 75.4 Å². The van der Waals surface area contributed by atoms with Crippen molar-refractivity contribution in [2.24, 2.45) is 0 Å². The van der Waals surface area contributed by atoms with E-state index >= 15 is 0 Å². The number of hydrogen-bond donors (Lipinski definition) is 2. The summed E-state index contributed by atoms with van der Waals surface area (Å²) in [4.78, 5) is 26.5. The molecule has 24 heavy (non-hydrogen) atoms. The molecule has 124 valence electrons. The van der Waals surface area contributed by atoms with Crippen molar-refractivity contribution in [3.63, 3.8) is 0 Å². The number of likely N-dealkylation sites (tertiary alicyclic amines) is 1. The average Bonchev–Trinajstić information content (AvgIpc) is 3.11. The molecule has 0 radical (unpaired) electrons. The van der Waals surface area contributed by atoms with Crippen LogP contribution < -0.4 is 11.1 Å². The molecule has 0 saturated carbocycles. The minimum Gasteiger partial charge on any atom is -0.399 e. The number of hydrogen-bond acceptors (Lipinski definition) is 3. The molecule has 2 amide bonds. The standard InChI is InChI=1S/C19H21N3O2/c1-13-4-7-15(20)12-17(13)18(23)21-16-8-5-14(6-9-16)19(24)22-10-2-3-11-22/h4-9,12H,2-3,10-11,20H2,1H3,(H,21,23). The summed E-state index contributed by atoms with van der Waals surface area (Å²) in [6.45, 7) is 3.52. The fraction of sp³-hybridized carbons (Fsp3) is 0.263. The van der Waals surface area contributed by atoms with Crippen molar-refractivity contribution in [3.05, 3.63) is 59.2 Å². The molecule has 1 aliphatic heterocycles. The quantitative estimate of drug-likeness (QED) is 0.852. The fourth-order valence-electron chi connectivity index (χ4n) is 2.88. The number of amides is 2. The van der Waals surface area contributed by atoms with Gasteiger partial charge in [-0.3, -0.25) is 9.59 Å². The predicted octanol–water partition coefficient (Wildman–Crippen LogP) is 3.07. The SMILES string of the molecule is Cc1ccc(N)cc1C(=O)Nc1ccc(C(=O)N2CCCC2)cc1. The maximum absolute atomic E-state index is 12.4. The highest BCUT2D eigenvalue weighted by molar-refractivity contribution is 6.06. The maximum Gasteiger partial charge on any atom is 0.256 e. The first kappa shape index (κ1) is 16.1. The zero-order chi connectivity index (χ0) is 17.1. The summed E-state index contributed by atoms with van der Waals surface area (Å²) in [5.74, 6) is -0.157. The summed E-state index contributed by atoms with van der Waals surface area (Å²) >= 11 is 0. The smallest absolute Gasteiger partial charge is 0.256 e. The van der Waals surface area contributed by atoms with Crippen LogP contribution in [0.3, 0.4) is 0 Å². The third kappa shape index (κ3) is 3.40. The number of nitrogens with zero attached hydrogens (tertiary/aromatic N) is 1. The van der Waals surface area contributed by atoms with Gasteiger partial charge in [0.05, 0.1) is 0 Å². The second kappa shape index (κ2) is 6.74. The molecule has 5 nitrogen and oxygen atoms in total. The lowest BCUT2D eigenvalue weighted by Gasteiger charge is -2.15. The van der Waals surface area contributed by atoms with Gasteiger partial charge in [0.1, 0.15) is 0 Å². The van der Waals surface area contributed by atoms with Gasteiger partial charge in [0, 0.05) is 35.6 Å². The normalized spacial score (nSPS) is 13.8. The molecule has 0 aromatic heterocycles. The number of aryl methyl sites for hydroxylation is 1. The van der Waals surface area contributed by atoms with E-state index in [-0.39, 0.29) is 11.8 Å². The summed E-state index contributed by atoms with van der Waals surface area (Å²) in [7, 11) is 0. The molecule has 3 N–H and O–H groups in total. The summed E-state index contributed by atoms with van der Waals surface area (Å²) in [5.41, 5.74) is 9.02. The highest BCUT2D eigenvalue weighted by Crippen LogP contribution is 2.18. The van der Waals surface area contributed by atoms with Crippen molar-refractivity contribution in [2.75, 3.05) is 24.1 Å². The van der Waals surface area contributed by atoms with E-state index in [1.165, 1.54) is 0 Å². The molecule has 2 aromatic carbocycles. The van der Waals surface area contributed by atoms with Gasteiger partial charge in [-0.05, 0) is 61.7 Å². The van der Waals surface area contributed by atoms with E-state index in [9.17, 15) is 9.59 Å². The Morgan fingerprint density at radius 3 is 2.38 bits per heavy atom. The van der Waals surface area contributed by atoms with Gasteiger partial charge in [0.15, 0.2) is 0 Å². The minimum absolute atomic E-state index is 0.0528. The van der Waals surface area contributed by atoms with Crippen molar-refractivity contribution < 1.29 is 9.59 Å². The van der Waals surface area contributed by atoms with Crippen molar-refractivity contribution in [1.82, 2.24) is 4.90 Å². The number of anilines is 2. The Kier molecular flexibility index (Phi) is 4.51. The van der Waals surface area contributed by atoms with Crippen LogP contribution in [0.5, 0.6) is 0 Å². The van der Waals surface area contributed by atoms with E-state index in [0.29, 0.717) is 22.5 Å². The van der Waals surface area contributed by atoms with Gasteiger partial charge in [-0.1, -0.05) is 6.07 Å². The Morgan fingerprint density at radius 2 is 1.71 bits per heavy atom. The van der Waals surface area contributed by atoms with Gasteiger partial charge >= 0.3 is 0 Å². The molecule has 1 heterocycles. The van der Waals surface area contributed by atoms with Crippen LogP contribution in [0.15, 0.2) is 42.5 Å². The van der Waals surface area contributed by atoms with Crippen LogP contribution in [0.2, 0.25) is 0 Å². The molecular weight excluding hydrogens is 302 g/mol. The first-order valence-electron chi connectivity index (χ1n) is 8.11. The monoisotopic (exact) mass is 323 g/mol. The summed E-state index contributed by atoms with van der Waals surface area (Å²) < 4.78 is 0. The van der Waals surface area contributed by atoms with Gasteiger partial charge < -0.3 is 16.0 Å². The predicted molar refractivity (Wildman–Crippen MR) is 95.1 cm³/mol. The van der Waals surface area contributed by atoms with Crippen LogP contribution in [0.1, 0.15) is 39.1 Å². The second-order valence-electron chi connectivity index (χ2n) is 6.11. The van der Waals surface area contributed by atoms with E-state index in [2.05, 4.69) is 5.32 Å². The lowest BCUT2D eigenvalue weighted by molar-refractivity contribution is 0.0792. The number of carbonyl (C=O) groups is 2. The number of rotatable bonds is 3. The Bertz CT molecular complexity index is 763. The van der Waals surface area contributed by atoms with Crippen molar-refractivity contribution in [1.29, 1.82) is 0 Å². The van der Waals surface area contributed by atoms with Crippen LogP contribution in [-0.2, 0) is 0 Å². The van der Waals surface area contributed by atoms with Gasteiger partial charge in [0.25, 0.3) is 11.8 Å². The van der Waals surface area contributed by atoms with E-state index in [1.807, 2.05) is 17.9 Å². The zero-order valence-electron chi connectivity index (χ0n) is 13.7. The van der Waals surface area contributed by atoms with Crippen LogP contribution in [0.4, 0.5) is 11.4 Å². The molecule has 0 bridgehead atoms. The highest BCUT2D eigenvalue weighted by Gasteiger charge is 2.19. The van der Waals surface area contributed by atoms with E-state index in [4.69, 9.17) is 5.73 Å². The molecule has 0 unspecified atom stereocenters. The lowest BCUT2D eigenvalue weighted by atomic mass is 10.1. The number of nitrogen functional groups attached to an aromatic ring is 1. The van der Waals surface area contributed by atoms with Gasteiger partial charge in [0.2, 0.25) is 0 Å². The number of benzene rings is 2. The van der Waals surface area contributed by atoms with Crippen molar-refractivity contribution >= 4 is 23.2 Å². The lowest BCUT2D eigenvalue weighted by Crippen LogP contribution is -2.27. The van der Waals surface area contributed by atoms with Crippen LogP contribution in [0, 0.1) is 6.92 Å². The Morgan fingerprint density at radius 1 is 1.04 bits per heavy atom. The van der Waals surface area contributed by atoms with Crippen molar-refractivity contribution in [3.8, 4) is 0 Å². The molecule has 0 spiro atoms. The van der Waals surface area contributed by atoms with Gasteiger partial charge in [-0.2, -0.15) is 0 Å². The first-order chi connectivity index (χ1) is 11.5. The Balaban J connectivity index is 1.70. The van der Waals surface area contributed by atoms with E-state index < -0.39 is 0 Å².